The summed E-state index contributed by atoms with van der Waals surface area (Å²) in [5.74, 6) is 0.590. The van der Waals surface area contributed by atoms with Crippen LogP contribution < -0.4 is 10.1 Å². The molecule has 0 unspecified atom stereocenters. The minimum atomic E-state index is -0.175. The van der Waals surface area contributed by atoms with Gasteiger partial charge in [0, 0.05) is 15.8 Å². The fourth-order valence-corrected chi connectivity index (χ4v) is 4.56. The molecule has 0 bridgehead atoms. The fourth-order valence-electron chi connectivity index (χ4n) is 2.63. The molecule has 2 aromatic carbocycles. The summed E-state index contributed by atoms with van der Waals surface area (Å²) >= 11 is 7.92. The summed E-state index contributed by atoms with van der Waals surface area (Å²) in [5, 5.41) is 4.43. The molecule has 1 amide bonds. The van der Waals surface area contributed by atoms with Gasteiger partial charge in [0.1, 0.15) is 15.1 Å². The fraction of sp³-hybridized carbons (Fsp3) is 0.0500. The van der Waals surface area contributed by atoms with Gasteiger partial charge in [0.2, 0.25) is 0 Å². The Kier molecular flexibility index (Phi) is 5.15. The van der Waals surface area contributed by atoms with E-state index in [1.165, 1.54) is 11.8 Å². The predicted octanol–water partition coefficient (Wildman–Crippen LogP) is 4.88. The first kappa shape index (κ1) is 18.0. The number of rotatable bonds is 4. The first-order valence-electron chi connectivity index (χ1n) is 8.09. The number of aromatic nitrogens is 1. The van der Waals surface area contributed by atoms with Gasteiger partial charge in [-0.15, -0.1) is 0 Å². The van der Waals surface area contributed by atoms with Gasteiger partial charge >= 0.3 is 0 Å². The molecular weight excluding hydrogens is 396 g/mol. The molecule has 3 aromatic rings. The van der Waals surface area contributed by atoms with Crippen LogP contribution in [0.3, 0.4) is 0 Å². The second-order valence-electron chi connectivity index (χ2n) is 5.71. The van der Waals surface area contributed by atoms with Crippen LogP contribution in [-0.2, 0) is 4.79 Å². The minimum absolute atomic E-state index is 0.175. The van der Waals surface area contributed by atoms with E-state index in [2.05, 4.69) is 5.32 Å². The van der Waals surface area contributed by atoms with Crippen molar-refractivity contribution in [2.45, 2.75) is 9.92 Å². The van der Waals surface area contributed by atoms with Crippen LogP contribution in [-0.4, -0.2) is 22.3 Å². The van der Waals surface area contributed by atoms with Crippen molar-refractivity contribution in [3.05, 3.63) is 65.1 Å². The number of pyridine rings is 1. The molecule has 0 aliphatic carbocycles. The summed E-state index contributed by atoms with van der Waals surface area (Å²) in [6, 6.07) is 17.8. The molecule has 2 heterocycles. The second kappa shape index (κ2) is 7.72. The number of thiocarbonyl (C=S) groups is 1. The lowest BCUT2D eigenvalue weighted by molar-refractivity contribution is -0.115. The highest BCUT2D eigenvalue weighted by Crippen LogP contribution is 2.35. The maximum absolute atomic E-state index is 12.1. The number of methoxy groups -OCH3 is 1. The molecule has 1 saturated heterocycles. The van der Waals surface area contributed by atoms with Crippen molar-refractivity contribution in [1.29, 1.82) is 0 Å². The molecule has 4 rings (SSSR count). The largest absolute Gasteiger partial charge is 0.497 e. The van der Waals surface area contributed by atoms with Crippen LogP contribution in [0.2, 0.25) is 0 Å². The smallest absolute Gasteiger partial charge is 0.263 e. The third kappa shape index (κ3) is 4.00. The Morgan fingerprint density at radius 2 is 2.00 bits per heavy atom. The van der Waals surface area contributed by atoms with E-state index >= 15 is 0 Å². The molecule has 0 saturated carbocycles. The first-order valence-corrected chi connectivity index (χ1v) is 10.1. The summed E-state index contributed by atoms with van der Waals surface area (Å²) in [5.41, 5.74) is 1.74. The quantitative estimate of drug-likeness (QED) is 0.489. The lowest BCUT2D eigenvalue weighted by Crippen LogP contribution is -2.17. The predicted molar refractivity (Wildman–Crippen MR) is 115 cm³/mol. The molecule has 1 aliphatic heterocycles. The molecule has 1 aliphatic rings. The Bertz CT molecular complexity index is 1080. The van der Waals surface area contributed by atoms with Crippen LogP contribution in [0, 0.1) is 0 Å². The summed E-state index contributed by atoms with van der Waals surface area (Å²) < 4.78 is 5.79. The standard InChI is InChI=1S/C20H14N2O2S3/c1-24-14-7-8-16-12(10-14)9-13(11-17-18(23)22-20(25)27-17)19(21-16)26-15-5-3-2-4-6-15/h2-11H,1H3,(H,22,23,25). The Morgan fingerprint density at radius 1 is 1.19 bits per heavy atom. The zero-order chi connectivity index (χ0) is 18.8. The van der Waals surface area contributed by atoms with Gasteiger partial charge in [0.05, 0.1) is 17.5 Å². The summed E-state index contributed by atoms with van der Waals surface area (Å²) in [6.07, 6.45) is 1.84. The van der Waals surface area contributed by atoms with Crippen LogP contribution in [0.15, 0.2) is 69.4 Å². The number of hydrogen-bond donors (Lipinski definition) is 1. The molecule has 4 nitrogen and oxygen atoms in total. The van der Waals surface area contributed by atoms with E-state index in [1.807, 2.05) is 60.7 Å². The van der Waals surface area contributed by atoms with Gasteiger partial charge in [0.15, 0.2) is 0 Å². The molecule has 7 heteroatoms. The van der Waals surface area contributed by atoms with Crippen LogP contribution in [0.5, 0.6) is 5.75 Å². The highest BCUT2D eigenvalue weighted by molar-refractivity contribution is 8.26. The molecule has 27 heavy (non-hydrogen) atoms. The summed E-state index contributed by atoms with van der Waals surface area (Å²) in [6.45, 7) is 0. The maximum atomic E-state index is 12.1. The number of thioether (sulfide) groups is 1. The van der Waals surface area contributed by atoms with Gasteiger partial charge < -0.3 is 10.1 Å². The van der Waals surface area contributed by atoms with Gasteiger partial charge in [-0.05, 0) is 42.5 Å². The molecular formula is C20H14N2O2S3. The van der Waals surface area contributed by atoms with Gasteiger partial charge in [-0.1, -0.05) is 53.9 Å². The number of nitrogens with zero attached hydrogens (tertiary/aromatic N) is 1. The number of amides is 1. The average molecular weight is 411 g/mol. The molecule has 0 radical (unpaired) electrons. The van der Waals surface area contributed by atoms with Crippen molar-refractivity contribution < 1.29 is 9.53 Å². The van der Waals surface area contributed by atoms with Crippen LogP contribution in [0.1, 0.15) is 5.56 Å². The van der Waals surface area contributed by atoms with Crippen LogP contribution >= 0.6 is 35.7 Å². The highest BCUT2D eigenvalue weighted by Gasteiger charge is 2.23. The number of fused-ring (bicyclic) bond motifs is 1. The number of ether oxygens (including phenoxy) is 1. The number of carbonyl (C=O) groups excluding carboxylic acids is 1. The molecule has 0 atom stereocenters. The SMILES string of the molecule is COc1ccc2nc(Sc3ccccc3)c(C=C3SC(=S)NC3=O)cc2c1. The van der Waals surface area contributed by atoms with E-state index in [1.54, 1.807) is 18.9 Å². The number of hydrogen-bond acceptors (Lipinski definition) is 6. The van der Waals surface area contributed by atoms with Crippen molar-refractivity contribution in [3.8, 4) is 5.75 Å². The number of benzene rings is 2. The molecule has 1 N–H and O–H groups in total. The Labute approximate surface area is 170 Å². The number of carbonyl (C=O) groups is 1. The number of nitrogens with one attached hydrogen (secondary N) is 1. The lowest BCUT2D eigenvalue weighted by atomic mass is 10.1. The zero-order valence-electron chi connectivity index (χ0n) is 14.3. The van der Waals surface area contributed by atoms with Crippen molar-refractivity contribution in [2.24, 2.45) is 0 Å². The van der Waals surface area contributed by atoms with Crippen LogP contribution in [0.4, 0.5) is 0 Å². The van der Waals surface area contributed by atoms with E-state index in [-0.39, 0.29) is 5.91 Å². The van der Waals surface area contributed by atoms with Crippen molar-refractivity contribution in [2.75, 3.05) is 7.11 Å². The van der Waals surface area contributed by atoms with E-state index in [0.717, 1.165) is 32.1 Å². The zero-order valence-corrected chi connectivity index (χ0v) is 16.7. The van der Waals surface area contributed by atoms with Crippen molar-refractivity contribution >= 4 is 62.9 Å². The van der Waals surface area contributed by atoms with Gasteiger partial charge in [-0.3, -0.25) is 4.79 Å². The Morgan fingerprint density at radius 3 is 2.70 bits per heavy atom. The van der Waals surface area contributed by atoms with E-state index in [9.17, 15) is 4.79 Å². The van der Waals surface area contributed by atoms with Crippen LogP contribution in [0.25, 0.3) is 17.0 Å². The third-order valence-electron chi connectivity index (χ3n) is 3.90. The molecule has 1 aromatic heterocycles. The maximum Gasteiger partial charge on any atom is 0.263 e. The van der Waals surface area contributed by atoms with Gasteiger partial charge in [0.25, 0.3) is 5.91 Å². The third-order valence-corrected chi connectivity index (χ3v) is 6.09. The van der Waals surface area contributed by atoms with Crippen molar-refractivity contribution in [3.63, 3.8) is 0 Å². The molecule has 0 spiro atoms. The second-order valence-corrected chi connectivity index (χ2v) is 8.49. The van der Waals surface area contributed by atoms with E-state index in [0.29, 0.717) is 9.23 Å². The van der Waals surface area contributed by atoms with Crippen molar-refractivity contribution in [1.82, 2.24) is 10.3 Å². The molecule has 134 valence electrons. The monoisotopic (exact) mass is 410 g/mol. The summed E-state index contributed by atoms with van der Waals surface area (Å²) in [7, 11) is 1.64. The highest BCUT2D eigenvalue weighted by atomic mass is 32.2. The topological polar surface area (TPSA) is 51.2 Å². The normalized spacial score (nSPS) is 15.4. The average Bonchev–Trinajstić information content (AvgIpc) is 2.99. The van der Waals surface area contributed by atoms with Gasteiger partial charge in [-0.25, -0.2) is 4.98 Å². The van der Waals surface area contributed by atoms with E-state index < -0.39 is 0 Å². The van der Waals surface area contributed by atoms with Gasteiger partial charge in [-0.2, -0.15) is 0 Å². The Balaban J connectivity index is 1.84. The molecule has 1 fully saturated rings. The minimum Gasteiger partial charge on any atom is -0.497 e. The van der Waals surface area contributed by atoms with E-state index in [4.69, 9.17) is 21.9 Å². The Hall–Kier alpha value is -2.35. The lowest BCUT2D eigenvalue weighted by Gasteiger charge is -2.09. The first-order chi connectivity index (χ1) is 13.1. The summed E-state index contributed by atoms with van der Waals surface area (Å²) in [4.78, 5) is 18.6.